The first kappa shape index (κ1) is 11.0. The van der Waals surface area contributed by atoms with Crippen LogP contribution in [0.5, 0.6) is 0 Å². The van der Waals surface area contributed by atoms with Gasteiger partial charge in [0.25, 0.3) is 0 Å². The summed E-state index contributed by atoms with van der Waals surface area (Å²) in [6.45, 7) is 10.5. The van der Waals surface area contributed by atoms with Crippen LogP contribution in [0.25, 0.3) is 0 Å². The fourth-order valence-corrected chi connectivity index (χ4v) is 1.59. The van der Waals surface area contributed by atoms with Gasteiger partial charge in [-0.1, -0.05) is 49.8 Å². The van der Waals surface area contributed by atoms with Crippen molar-refractivity contribution in [2.24, 2.45) is 11.8 Å². The summed E-state index contributed by atoms with van der Waals surface area (Å²) in [4.78, 5) is 0. The van der Waals surface area contributed by atoms with E-state index in [-0.39, 0.29) is 0 Å². The summed E-state index contributed by atoms with van der Waals surface area (Å²) in [5.41, 5.74) is 2.74. The fraction of sp³-hybridized carbons (Fsp3) is 0.429. The van der Waals surface area contributed by atoms with Gasteiger partial charge in [-0.25, -0.2) is 0 Å². The van der Waals surface area contributed by atoms with E-state index in [9.17, 15) is 0 Å². The van der Waals surface area contributed by atoms with Crippen molar-refractivity contribution in [2.75, 3.05) is 0 Å². The molecule has 0 heterocycles. The Bertz CT molecular complexity index is 279. The van der Waals surface area contributed by atoms with E-state index in [0.29, 0.717) is 11.8 Å². The third-order valence-electron chi connectivity index (χ3n) is 2.75. The van der Waals surface area contributed by atoms with Crippen LogP contribution in [-0.4, -0.2) is 0 Å². The predicted molar refractivity (Wildman–Crippen MR) is 63.4 cm³/mol. The third-order valence-corrected chi connectivity index (χ3v) is 2.75. The van der Waals surface area contributed by atoms with E-state index in [0.717, 1.165) is 6.42 Å². The van der Waals surface area contributed by atoms with E-state index in [4.69, 9.17) is 0 Å². The van der Waals surface area contributed by atoms with Crippen LogP contribution >= 0.6 is 0 Å². The van der Waals surface area contributed by atoms with E-state index in [1.165, 1.54) is 11.1 Å². The second-order valence-electron chi connectivity index (χ2n) is 4.33. The average molecular weight is 188 g/mol. The van der Waals surface area contributed by atoms with Gasteiger partial charge in [-0.2, -0.15) is 0 Å². The number of rotatable bonds is 4. The van der Waals surface area contributed by atoms with E-state index in [2.05, 4.69) is 57.7 Å². The second kappa shape index (κ2) is 4.99. The van der Waals surface area contributed by atoms with Crippen molar-refractivity contribution in [1.82, 2.24) is 0 Å². The summed E-state index contributed by atoms with van der Waals surface area (Å²) in [6.07, 6.45) is 3.19. The van der Waals surface area contributed by atoms with E-state index >= 15 is 0 Å². The Kier molecular flexibility index (Phi) is 3.94. The molecule has 0 aliphatic heterocycles. The molecule has 0 aliphatic rings. The molecule has 76 valence electrons. The maximum Gasteiger partial charge on any atom is -0.0173 e. The van der Waals surface area contributed by atoms with Gasteiger partial charge in [-0.15, -0.1) is 6.58 Å². The minimum atomic E-state index is 0.595. The number of hydrogen-bond acceptors (Lipinski definition) is 0. The van der Waals surface area contributed by atoms with Crippen molar-refractivity contribution in [2.45, 2.75) is 27.2 Å². The first-order valence-corrected chi connectivity index (χ1v) is 5.31. The van der Waals surface area contributed by atoms with E-state index in [1.54, 1.807) is 0 Å². The molecule has 1 unspecified atom stereocenters. The van der Waals surface area contributed by atoms with Crippen LogP contribution in [0.15, 0.2) is 36.9 Å². The minimum absolute atomic E-state index is 0.595. The smallest absolute Gasteiger partial charge is 0.0173 e. The summed E-state index contributed by atoms with van der Waals surface area (Å²) in [6, 6.07) is 8.79. The Morgan fingerprint density at radius 1 is 1.21 bits per heavy atom. The molecule has 0 fully saturated rings. The molecule has 0 heteroatoms. The standard InChI is InChI=1S/C14H20/c1-5-14(11(2)3)10-13-8-6-12(4)7-9-13/h5-9,11,14H,1,10H2,2-4H3. The van der Waals surface area contributed by atoms with Gasteiger partial charge in [-0.3, -0.25) is 0 Å². The Balaban J connectivity index is 2.67. The normalized spacial score (nSPS) is 12.9. The number of hydrogen-bond donors (Lipinski definition) is 0. The average Bonchev–Trinajstić information content (AvgIpc) is 2.16. The molecular formula is C14H20. The lowest BCUT2D eigenvalue weighted by atomic mass is 9.89. The van der Waals surface area contributed by atoms with Crippen molar-refractivity contribution in [1.29, 1.82) is 0 Å². The molecule has 0 saturated carbocycles. The molecular weight excluding hydrogens is 168 g/mol. The molecule has 1 atom stereocenters. The zero-order valence-electron chi connectivity index (χ0n) is 9.46. The van der Waals surface area contributed by atoms with Crippen molar-refractivity contribution in [3.8, 4) is 0 Å². The highest BCUT2D eigenvalue weighted by Crippen LogP contribution is 2.18. The molecule has 0 aromatic heterocycles. The van der Waals surface area contributed by atoms with Crippen LogP contribution in [0.2, 0.25) is 0 Å². The Hall–Kier alpha value is -1.04. The number of allylic oxidation sites excluding steroid dienone is 1. The molecule has 0 N–H and O–H groups in total. The summed E-state index contributed by atoms with van der Waals surface area (Å²) in [7, 11) is 0. The Morgan fingerprint density at radius 2 is 1.79 bits per heavy atom. The maximum atomic E-state index is 3.90. The van der Waals surface area contributed by atoms with Crippen molar-refractivity contribution >= 4 is 0 Å². The van der Waals surface area contributed by atoms with Crippen LogP contribution < -0.4 is 0 Å². The molecule has 1 aromatic rings. The van der Waals surface area contributed by atoms with Gasteiger partial charge in [0.1, 0.15) is 0 Å². The summed E-state index contributed by atoms with van der Waals surface area (Å²) < 4.78 is 0. The topological polar surface area (TPSA) is 0 Å². The molecule has 0 bridgehead atoms. The first-order chi connectivity index (χ1) is 6.63. The summed E-state index contributed by atoms with van der Waals surface area (Å²) in [5, 5.41) is 0. The fourth-order valence-electron chi connectivity index (χ4n) is 1.59. The molecule has 0 amide bonds. The monoisotopic (exact) mass is 188 g/mol. The summed E-state index contributed by atoms with van der Waals surface area (Å²) >= 11 is 0. The van der Waals surface area contributed by atoms with Crippen molar-refractivity contribution < 1.29 is 0 Å². The van der Waals surface area contributed by atoms with Crippen LogP contribution in [0.4, 0.5) is 0 Å². The molecule has 0 radical (unpaired) electrons. The zero-order chi connectivity index (χ0) is 10.6. The SMILES string of the molecule is C=CC(Cc1ccc(C)cc1)C(C)C. The van der Waals surface area contributed by atoms with Gasteiger partial charge < -0.3 is 0 Å². The minimum Gasteiger partial charge on any atom is -0.103 e. The van der Waals surface area contributed by atoms with Crippen LogP contribution in [-0.2, 0) is 6.42 Å². The van der Waals surface area contributed by atoms with Crippen molar-refractivity contribution in [3.05, 3.63) is 48.0 Å². The molecule has 1 aromatic carbocycles. The van der Waals surface area contributed by atoms with Gasteiger partial charge in [0.05, 0.1) is 0 Å². The molecule has 0 aliphatic carbocycles. The molecule has 1 rings (SSSR count). The van der Waals surface area contributed by atoms with Crippen LogP contribution in [0, 0.1) is 18.8 Å². The predicted octanol–water partition coefficient (Wildman–Crippen LogP) is 4.00. The highest BCUT2D eigenvalue weighted by atomic mass is 14.1. The number of benzene rings is 1. The largest absolute Gasteiger partial charge is 0.103 e. The quantitative estimate of drug-likeness (QED) is 0.627. The van der Waals surface area contributed by atoms with E-state index < -0.39 is 0 Å². The highest BCUT2D eigenvalue weighted by Gasteiger charge is 2.09. The Morgan fingerprint density at radius 3 is 2.21 bits per heavy atom. The number of aryl methyl sites for hydroxylation is 1. The van der Waals surface area contributed by atoms with Gasteiger partial charge in [-0.05, 0) is 30.7 Å². The molecule has 0 saturated heterocycles. The maximum absolute atomic E-state index is 3.90. The molecule has 0 spiro atoms. The van der Waals surface area contributed by atoms with Gasteiger partial charge in [0.15, 0.2) is 0 Å². The van der Waals surface area contributed by atoms with Crippen LogP contribution in [0.3, 0.4) is 0 Å². The lowest BCUT2D eigenvalue weighted by Crippen LogP contribution is -2.08. The zero-order valence-corrected chi connectivity index (χ0v) is 9.46. The van der Waals surface area contributed by atoms with Crippen molar-refractivity contribution in [3.63, 3.8) is 0 Å². The lowest BCUT2D eigenvalue weighted by Gasteiger charge is -2.16. The van der Waals surface area contributed by atoms with E-state index in [1.807, 2.05) is 0 Å². The first-order valence-electron chi connectivity index (χ1n) is 5.31. The molecule has 0 nitrogen and oxygen atoms in total. The summed E-state index contributed by atoms with van der Waals surface area (Å²) in [5.74, 6) is 1.27. The third kappa shape index (κ3) is 3.02. The van der Waals surface area contributed by atoms with Gasteiger partial charge in [0, 0.05) is 0 Å². The Labute approximate surface area is 87.7 Å². The molecule has 14 heavy (non-hydrogen) atoms. The van der Waals surface area contributed by atoms with Gasteiger partial charge in [0.2, 0.25) is 0 Å². The lowest BCUT2D eigenvalue weighted by molar-refractivity contribution is 0.464. The van der Waals surface area contributed by atoms with Crippen LogP contribution in [0.1, 0.15) is 25.0 Å². The highest BCUT2D eigenvalue weighted by molar-refractivity contribution is 5.22. The second-order valence-corrected chi connectivity index (χ2v) is 4.33. The van der Waals surface area contributed by atoms with Gasteiger partial charge >= 0.3 is 0 Å².